The lowest BCUT2D eigenvalue weighted by atomic mass is 10.1. The molecule has 0 radical (unpaired) electrons. The zero-order valence-corrected chi connectivity index (χ0v) is 37.7. The molecule has 0 aromatic carbocycles. The Morgan fingerprint density at radius 2 is 1.11 bits per heavy atom. The highest BCUT2D eigenvalue weighted by atomic mass is 31.2. The van der Waals surface area contributed by atoms with Crippen LogP contribution in [0.5, 0.6) is 0 Å². The van der Waals surface area contributed by atoms with E-state index in [2.05, 4.69) is 44.2 Å². The van der Waals surface area contributed by atoms with E-state index >= 15 is 0 Å². The monoisotopic (exact) mass is 825 g/mol. The van der Waals surface area contributed by atoms with E-state index in [0.717, 1.165) is 83.5 Å². The molecule has 57 heavy (non-hydrogen) atoms. The lowest BCUT2D eigenvalue weighted by Crippen LogP contribution is -2.37. The fourth-order valence-corrected chi connectivity index (χ4v) is 6.47. The smallest absolute Gasteiger partial charge is 0.462 e. The molecule has 0 spiro atoms. The second kappa shape index (κ2) is 37.9. The number of phosphoric ester groups is 1. The van der Waals surface area contributed by atoms with Crippen molar-refractivity contribution in [1.82, 2.24) is 0 Å². The van der Waals surface area contributed by atoms with Gasteiger partial charge < -0.3 is 18.9 Å². The SMILES string of the molecule is CCCCC/C=C\C/C=C\CCCCCCCCCC(=O)OC[C@H](COP(=O)(O)OCC[N+](C)(C)C)OC(=O)CCCCCCC/C=C\C=C\C(=O)CCCCC. The highest BCUT2D eigenvalue weighted by Gasteiger charge is 2.27. The molecule has 330 valence electrons. The van der Waals surface area contributed by atoms with E-state index in [0.29, 0.717) is 30.3 Å². The van der Waals surface area contributed by atoms with Crippen molar-refractivity contribution in [3.8, 4) is 0 Å². The average Bonchev–Trinajstić information content (AvgIpc) is 3.15. The van der Waals surface area contributed by atoms with Crippen LogP contribution in [0.4, 0.5) is 0 Å². The summed E-state index contributed by atoms with van der Waals surface area (Å²) in [6, 6.07) is 0. The summed E-state index contributed by atoms with van der Waals surface area (Å²) in [5.41, 5.74) is 0. The Hall–Kier alpha value is -2.36. The summed E-state index contributed by atoms with van der Waals surface area (Å²) < 4.78 is 34.2. The van der Waals surface area contributed by atoms with Gasteiger partial charge >= 0.3 is 19.8 Å². The van der Waals surface area contributed by atoms with Gasteiger partial charge in [0.2, 0.25) is 0 Å². The molecule has 0 fully saturated rings. The van der Waals surface area contributed by atoms with Crippen LogP contribution in [0.3, 0.4) is 0 Å². The van der Waals surface area contributed by atoms with Gasteiger partial charge in [0.1, 0.15) is 19.8 Å². The van der Waals surface area contributed by atoms with E-state index in [1.165, 1.54) is 44.9 Å². The molecule has 11 heteroatoms. The van der Waals surface area contributed by atoms with Gasteiger partial charge in [-0.25, -0.2) is 4.57 Å². The normalized spacial score (nSPS) is 13.9. The summed E-state index contributed by atoms with van der Waals surface area (Å²) in [5.74, 6) is -0.695. The predicted molar refractivity (Wildman–Crippen MR) is 234 cm³/mol. The van der Waals surface area contributed by atoms with Crippen LogP contribution < -0.4 is 0 Å². The first-order valence-electron chi connectivity index (χ1n) is 22.3. The summed E-state index contributed by atoms with van der Waals surface area (Å²) >= 11 is 0. The number of rotatable bonds is 40. The first-order valence-corrected chi connectivity index (χ1v) is 23.8. The quantitative estimate of drug-likeness (QED) is 0.0122. The van der Waals surface area contributed by atoms with Crippen LogP contribution in [-0.2, 0) is 37.5 Å². The molecule has 1 unspecified atom stereocenters. The Bertz CT molecular complexity index is 1170. The number of likely N-dealkylation sites (N-methyl/N-ethyl adjacent to an activating group) is 1. The van der Waals surface area contributed by atoms with E-state index in [9.17, 15) is 23.8 Å². The van der Waals surface area contributed by atoms with Crippen LogP contribution in [0.2, 0.25) is 0 Å². The van der Waals surface area contributed by atoms with Crippen LogP contribution in [0.15, 0.2) is 48.6 Å². The Morgan fingerprint density at radius 1 is 0.596 bits per heavy atom. The van der Waals surface area contributed by atoms with Gasteiger partial charge in [0.05, 0.1) is 27.7 Å². The van der Waals surface area contributed by atoms with Gasteiger partial charge in [0.15, 0.2) is 11.9 Å². The maximum Gasteiger partial charge on any atom is 0.472 e. The summed E-state index contributed by atoms with van der Waals surface area (Å²) in [5, 5.41) is 0. The Kier molecular flexibility index (Phi) is 36.3. The lowest BCUT2D eigenvalue weighted by molar-refractivity contribution is -0.870. The fraction of sp³-hybridized carbons (Fsp3) is 0.761. The Morgan fingerprint density at radius 3 is 1.70 bits per heavy atom. The van der Waals surface area contributed by atoms with E-state index in [-0.39, 0.29) is 31.8 Å². The van der Waals surface area contributed by atoms with Gasteiger partial charge in [-0.3, -0.25) is 23.4 Å². The number of phosphoric acid groups is 1. The number of carbonyl (C=O) groups is 3. The van der Waals surface area contributed by atoms with Crippen molar-refractivity contribution < 1.29 is 46.8 Å². The van der Waals surface area contributed by atoms with Crippen molar-refractivity contribution in [3.63, 3.8) is 0 Å². The molecule has 0 saturated heterocycles. The van der Waals surface area contributed by atoms with E-state index in [4.69, 9.17) is 18.5 Å². The number of unbranched alkanes of at least 4 members (excludes halogenated alkanes) is 17. The fourth-order valence-electron chi connectivity index (χ4n) is 5.73. The van der Waals surface area contributed by atoms with Gasteiger partial charge in [-0.05, 0) is 70.3 Å². The summed E-state index contributed by atoms with van der Waals surface area (Å²) in [6.45, 7) is 4.17. The molecular weight excluding hydrogens is 741 g/mol. The number of quaternary nitrogens is 1. The van der Waals surface area contributed by atoms with Crippen molar-refractivity contribution in [2.45, 2.75) is 180 Å². The molecule has 0 aliphatic heterocycles. The van der Waals surface area contributed by atoms with Crippen molar-refractivity contribution in [2.75, 3.05) is 47.5 Å². The largest absolute Gasteiger partial charge is 0.472 e. The molecule has 10 nitrogen and oxygen atoms in total. The van der Waals surface area contributed by atoms with Gasteiger partial charge in [-0.2, -0.15) is 0 Å². The van der Waals surface area contributed by atoms with E-state index in [1.807, 2.05) is 33.3 Å². The minimum Gasteiger partial charge on any atom is -0.462 e. The summed E-state index contributed by atoms with van der Waals surface area (Å²) in [6.07, 6.45) is 39.9. The number of esters is 2. The average molecular weight is 825 g/mol. The third-order valence-electron chi connectivity index (χ3n) is 9.31. The summed E-state index contributed by atoms with van der Waals surface area (Å²) in [7, 11) is 1.41. The molecule has 1 N–H and O–H groups in total. The topological polar surface area (TPSA) is 125 Å². The molecule has 0 heterocycles. The highest BCUT2D eigenvalue weighted by Crippen LogP contribution is 2.43. The number of allylic oxidation sites excluding steroid dienone is 8. The molecule has 0 aliphatic rings. The molecule has 0 aromatic heterocycles. The van der Waals surface area contributed by atoms with E-state index in [1.54, 1.807) is 6.08 Å². The first-order chi connectivity index (χ1) is 27.4. The lowest BCUT2D eigenvalue weighted by Gasteiger charge is -2.24. The number of carbonyl (C=O) groups excluding carboxylic acids is 3. The van der Waals surface area contributed by atoms with Crippen molar-refractivity contribution in [1.29, 1.82) is 0 Å². The van der Waals surface area contributed by atoms with Gasteiger partial charge in [0, 0.05) is 19.3 Å². The number of hydrogen-bond donors (Lipinski definition) is 1. The molecule has 0 rings (SSSR count). The molecule has 0 saturated carbocycles. The highest BCUT2D eigenvalue weighted by molar-refractivity contribution is 7.47. The molecular formula is C46H83NO9P+. The molecule has 2 atom stereocenters. The second-order valence-corrected chi connectivity index (χ2v) is 17.6. The standard InChI is InChI=1S/C46H82NO9P/c1-6-8-10-11-12-13-14-15-16-17-18-19-20-23-26-29-33-37-45(49)53-41-44(42-55-57(51,52)54-40-39-47(3,4)5)56-46(50)38-34-30-27-24-21-22-25-28-32-36-43(48)35-31-9-7-2/h12-13,15-16,25,28,32,36,44H,6-11,14,17-24,26-27,29-31,33-35,37-42H2,1-5H3/p+1/b13-12-,16-15-,28-25-,36-32+/t44-/m1/s1. The van der Waals surface area contributed by atoms with Crippen LogP contribution in [0.25, 0.3) is 0 Å². The minimum atomic E-state index is -4.40. The number of hydrogen-bond acceptors (Lipinski definition) is 8. The number of ether oxygens (including phenoxy) is 2. The third kappa shape index (κ3) is 41.6. The zero-order chi connectivity index (χ0) is 42.3. The van der Waals surface area contributed by atoms with Crippen LogP contribution in [0.1, 0.15) is 174 Å². The predicted octanol–water partition coefficient (Wildman–Crippen LogP) is 11.9. The molecule has 0 amide bonds. The third-order valence-corrected chi connectivity index (χ3v) is 10.3. The van der Waals surface area contributed by atoms with Gasteiger partial charge in [-0.1, -0.05) is 133 Å². The van der Waals surface area contributed by atoms with Crippen LogP contribution >= 0.6 is 7.82 Å². The van der Waals surface area contributed by atoms with Crippen molar-refractivity contribution >= 4 is 25.5 Å². The zero-order valence-electron chi connectivity index (χ0n) is 36.8. The molecule has 0 aromatic rings. The minimum absolute atomic E-state index is 0.0129. The first kappa shape index (κ1) is 54.6. The molecule has 0 bridgehead atoms. The maximum atomic E-state index is 12.7. The van der Waals surface area contributed by atoms with E-state index < -0.39 is 32.5 Å². The van der Waals surface area contributed by atoms with Crippen molar-refractivity contribution in [2.24, 2.45) is 0 Å². The summed E-state index contributed by atoms with van der Waals surface area (Å²) in [4.78, 5) is 47.1. The molecule has 0 aliphatic carbocycles. The van der Waals surface area contributed by atoms with Gasteiger partial charge in [-0.15, -0.1) is 0 Å². The van der Waals surface area contributed by atoms with Crippen molar-refractivity contribution in [3.05, 3.63) is 48.6 Å². The second-order valence-electron chi connectivity index (χ2n) is 16.1. The van der Waals surface area contributed by atoms with Crippen LogP contribution in [-0.4, -0.2) is 80.7 Å². The number of ketones is 1. The Balaban J connectivity index is 4.43. The Labute approximate surface area is 348 Å². The van der Waals surface area contributed by atoms with Gasteiger partial charge in [0.25, 0.3) is 0 Å². The maximum absolute atomic E-state index is 12.7. The van der Waals surface area contributed by atoms with Crippen LogP contribution in [0, 0.1) is 0 Å². The number of nitrogens with zero attached hydrogens (tertiary/aromatic N) is 1.